The number of aryl methyl sites for hydroxylation is 1. The summed E-state index contributed by atoms with van der Waals surface area (Å²) in [5.41, 5.74) is 14.8. The normalized spacial score (nSPS) is 10.6. The van der Waals surface area contributed by atoms with Crippen molar-refractivity contribution in [3.63, 3.8) is 0 Å². The minimum atomic E-state index is 0.253. The Labute approximate surface area is 476 Å². The molecule has 10 aromatic carbocycles. The molecule has 0 bridgehead atoms. The third-order valence-corrected chi connectivity index (χ3v) is 14.8. The van der Waals surface area contributed by atoms with Crippen molar-refractivity contribution >= 4 is 77.7 Å². The summed E-state index contributed by atoms with van der Waals surface area (Å²) < 4.78 is 4.11. The monoisotopic (exact) mass is 1050 g/mol. The number of fused-ring (bicyclic) bond motifs is 6. The minimum absolute atomic E-state index is 0.253. The van der Waals surface area contributed by atoms with Crippen molar-refractivity contribution in [2.24, 2.45) is 0 Å². The van der Waals surface area contributed by atoms with Crippen LogP contribution < -0.4 is 0 Å². The van der Waals surface area contributed by atoms with E-state index in [1.807, 2.05) is 109 Å². The lowest BCUT2D eigenvalue weighted by Crippen LogP contribution is -2.03. The van der Waals surface area contributed by atoms with Crippen molar-refractivity contribution in [2.45, 2.75) is 6.92 Å². The average molecular weight is 1050 g/mol. The van der Waals surface area contributed by atoms with Gasteiger partial charge in [0.15, 0.2) is 28.4 Å². The van der Waals surface area contributed by atoms with Gasteiger partial charge in [-0.2, -0.15) is 21.0 Å². The number of hydrogen-bond acceptors (Lipinski definition) is 4. The van der Waals surface area contributed by atoms with Gasteiger partial charge in [-0.15, -0.1) is 0 Å². The number of nitriles is 4. The molecule has 376 valence electrons. The first kappa shape index (κ1) is 50.5. The van der Waals surface area contributed by atoms with E-state index in [0.29, 0.717) is 106 Å². The van der Waals surface area contributed by atoms with E-state index in [4.69, 9.17) is 32.9 Å². The second kappa shape index (κ2) is 20.2. The van der Waals surface area contributed by atoms with Crippen molar-refractivity contribution in [2.75, 3.05) is 0 Å². The topological polar surface area (TPSA) is 131 Å². The molecule has 0 aliphatic heterocycles. The molecule has 0 unspecified atom stereocenters. The van der Waals surface area contributed by atoms with Gasteiger partial charge in [0.05, 0.1) is 103 Å². The van der Waals surface area contributed by atoms with Gasteiger partial charge >= 0.3 is 0 Å². The van der Waals surface area contributed by atoms with Crippen LogP contribution in [0, 0.1) is 91.7 Å². The first-order chi connectivity index (χ1) is 40.5. The second-order valence-electron chi connectivity index (χ2n) is 19.7. The predicted molar refractivity (Wildman–Crippen MR) is 323 cm³/mol. The summed E-state index contributed by atoms with van der Waals surface area (Å²) in [6, 6.07) is 62.1. The van der Waals surface area contributed by atoms with Crippen LogP contribution >= 0.6 is 0 Å². The molecule has 0 amide bonds. The van der Waals surface area contributed by atoms with E-state index in [1.165, 1.54) is 0 Å². The lowest BCUT2D eigenvalue weighted by atomic mass is 9.97. The first-order valence-electron chi connectivity index (χ1n) is 25.4. The lowest BCUT2D eigenvalue weighted by Gasteiger charge is -2.21. The summed E-state index contributed by atoms with van der Waals surface area (Å²) in [6.07, 6.45) is 0. The number of rotatable bonds is 7. The highest BCUT2D eigenvalue weighted by molar-refractivity contribution is 6.15. The second-order valence-corrected chi connectivity index (χ2v) is 19.7. The Kier molecular flexibility index (Phi) is 12.3. The Morgan fingerprint density at radius 3 is 1.01 bits per heavy atom. The van der Waals surface area contributed by atoms with Crippen LogP contribution in [0.1, 0.15) is 27.8 Å². The minimum Gasteiger partial charge on any atom is -0.319 e. The molecular weight excluding hydrogens is 1020 g/mol. The molecule has 0 radical (unpaired) electrons. The van der Waals surface area contributed by atoms with Crippen LogP contribution in [0.3, 0.4) is 0 Å². The summed E-state index contributed by atoms with van der Waals surface area (Å²) in [4.78, 5) is 22.8. The molecule has 2 aromatic heterocycles. The summed E-state index contributed by atoms with van der Waals surface area (Å²) in [6.45, 7) is 50.5. The van der Waals surface area contributed by atoms with Crippen molar-refractivity contribution in [1.82, 2.24) is 9.13 Å². The third-order valence-electron chi connectivity index (χ3n) is 14.8. The Hall–Kier alpha value is -13.3. The van der Waals surface area contributed by atoms with Crippen LogP contribution in [0.2, 0.25) is 0 Å². The van der Waals surface area contributed by atoms with Gasteiger partial charge < -0.3 is 9.13 Å². The van der Waals surface area contributed by atoms with E-state index in [-0.39, 0.29) is 5.69 Å². The Bertz CT molecular complexity index is 4970. The highest BCUT2D eigenvalue weighted by Crippen LogP contribution is 2.48. The highest BCUT2D eigenvalue weighted by Gasteiger charge is 2.26. The zero-order valence-corrected chi connectivity index (χ0v) is 43.6. The van der Waals surface area contributed by atoms with Crippen molar-refractivity contribution in [3.8, 4) is 91.3 Å². The molecule has 12 rings (SSSR count). The molecule has 0 aliphatic carbocycles. The number of aromatic nitrogens is 2. The highest BCUT2D eigenvalue weighted by atomic mass is 15.1. The Morgan fingerprint density at radius 2 is 0.651 bits per heavy atom. The maximum atomic E-state index is 10.4. The van der Waals surface area contributed by atoms with Gasteiger partial charge in [-0.25, -0.2) is 29.1 Å². The Balaban J connectivity index is 1.20. The van der Waals surface area contributed by atoms with Gasteiger partial charge in [0, 0.05) is 38.2 Å². The molecule has 0 spiro atoms. The van der Waals surface area contributed by atoms with E-state index in [0.717, 1.165) is 60.4 Å². The van der Waals surface area contributed by atoms with Gasteiger partial charge in [0.2, 0.25) is 5.69 Å². The van der Waals surface area contributed by atoms with E-state index in [1.54, 1.807) is 78.9 Å². The predicted octanol–water partition coefficient (Wildman–Crippen LogP) is 19.3. The SMILES string of the molecule is [C-]#[N+]c1cc(C#N)cc(-c2ccc3c(c2)c2cc(-c4cc(C#N)cc([N+]#[C-])c4)ccc2n3-c2ccc(-c3cc(C)cc(C#N)c3)c(-n3c4ccc(-c5cc(C#N)cc([N+]#[C-])c5)cc4c4cc(-c5cc([N+]#[C-])cc([N+]#[C-])c5)ccc43)c2[N+]#[C-])c1. The average Bonchev–Trinajstić information content (AvgIpc) is 2.43. The van der Waals surface area contributed by atoms with Crippen molar-refractivity contribution in [3.05, 3.63) is 272 Å². The number of benzene rings is 10. The molecule has 0 atom stereocenters. The van der Waals surface area contributed by atoms with E-state index >= 15 is 0 Å². The van der Waals surface area contributed by atoms with E-state index < -0.39 is 0 Å². The molecule has 0 saturated heterocycles. The van der Waals surface area contributed by atoms with Crippen LogP contribution in [-0.2, 0) is 0 Å². The van der Waals surface area contributed by atoms with Crippen LogP contribution in [-0.4, -0.2) is 9.13 Å². The maximum Gasteiger partial charge on any atom is 0.234 e. The molecule has 0 aliphatic rings. The summed E-state index contributed by atoms with van der Waals surface area (Å²) >= 11 is 0. The van der Waals surface area contributed by atoms with Gasteiger partial charge in [-0.3, -0.25) is 0 Å². The fourth-order valence-electron chi connectivity index (χ4n) is 11.2. The van der Waals surface area contributed by atoms with E-state index in [2.05, 4.69) is 57.9 Å². The maximum absolute atomic E-state index is 10.4. The molecule has 0 saturated carbocycles. The van der Waals surface area contributed by atoms with Gasteiger partial charge in [0.1, 0.15) is 0 Å². The summed E-state index contributed by atoms with van der Waals surface area (Å²) in [5.74, 6) is 0. The quantitative estimate of drug-likeness (QED) is 0.147. The molecule has 12 aromatic rings. The number of nitrogens with zero attached hydrogens (tertiary/aromatic N) is 12. The van der Waals surface area contributed by atoms with Gasteiger partial charge in [-0.1, -0.05) is 54.6 Å². The number of hydrogen-bond donors (Lipinski definition) is 0. The Morgan fingerprint density at radius 1 is 0.313 bits per heavy atom. The zero-order chi connectivity index (χ0) is 57.6. The molecule has 2 heterocycles. The standard InChI is InChI=1S/C71H32N12/c1-41-18-42(37-72)23-54(19-41)60-12-17-69(82-65-13-8-46(50-20-43(38-73)24-55(27-50)76-2)32-61(65)62-33-47(9-14-66(62)82)51-21-44(39-74)25-56(28-51)77-3)70(81-7)71(60)83-67-15-10-48(52-22-45(40-75)26-57(29-52)78-4)34-63(67)64-35-49(11-16-68(64)83)53-30-58(79-5)36-59(31-53)80-6/h8-36H,1H3. The largest absolute Gasteiger partial charge is 0.319 e. The zero-order valence-electron chi connectivity index (χ0n) is 43.6. The third kappa shape index (κ3) is 8.68. The molecule has 0 N–H and O–H groups in total. The van der Waals surface area contributed by atoms with E-state index in [9.17, 15) is 27.6 Å². The molecule has 12 heteroatoms. The van der Waals surface area contributed by atoms with Gasteiger partial charge in [-0.05, 0) is 189 Å². The summed E-state index contributed by atoms with van der Waals surface area (Å²) in [5, 5.41) is 43.4. The molecule has 0 fully saturated rings. The van der Waals surface area contributed by atoms with Crippen LogP contribution in [0.15, 0.2) is 176 Å². The summed E-state index contributed by atoms with van der Waals surface area (Å²) in [7, 11) is 0. The molecular formula is C71H32N12. The van der Waals surface area contributed by atoms with Crippen LogP contribution in [0.25, 0.3) is 140 Å². The molecule has 12 nitrogen and oxygen atoms in total. The van der Waals surface area contributed by atoms with Crippen molar-refractivity contribution < 1.29 is 0 Å². The van der Waals surface area contributed by atoms with Gasteiger partial charge in [0.25, 0.3) is 0 Å². The lowest BCUT2D eigenvalue weighted by molar-refractivity contribution is 1.14. The van der Waals surface area contributed by atoms with Crippen LogP contribution in [0.5, 0.6) is 0 Å². The fourth-order valence-corrected chi connectivity index (χ4v) is 11.2. The van der Waals surface area contributed by atoms with Crippen molar-refractivity contribution in [1.29, 1.82) is 21.0 Å². The first-order valence-corrected chi connectivity index (χ1v) is 25.4. The van der Waals surface area contributed by atoms with Crippen LogP contribution in [0.4, 0.5) is 34.1 Å². The fraction of sp³-hybridized carbons (Fsp3) is 0.0141. The molecule has 83 heavy (non-hydrogen) atoms. The smallest absolute Gasteiger partial charge is 0.234 e.